The van der Waals surface area contributed by atoms with Gasteiger partial charge in [-0.05, 0) is 19.9 Å². The molecule has 0 saturated carbocycles. The number of ether oxygens (including phenoxy) is 1. The minimum Gasteiger partial charge on any atom is -0.465 e. The van der Waals surface area contributed by atoms with Gasteiger partial charge in [0.2, 0.25) is 0 Å². The van der Waals surface area contributed by atoms with Crippen molar-refractivity contribution in [3.63, 3.8) is 0 Å². The van der Waals surface area contributed by atoms with E-state index in [9.17, 15) is 14.9 Å². The lowest BCUT2D eigenvalue weighted by Gasteiger charge is -2.04. The summed E-state index contributed by atoms with van der Waals surface area (Å²) in [6.45, 7) is 3.97. The lowest BCUT2D eigenvalue weighted by atomic mass is 10.1. The molecule has 6 heteroatoms. The van der Waals surface area contributed by atoms with Gasteiger partial charge in [0.15, 0.2) is 0 Å². The summed E-state index contributed by atoms with van der Waals surface area (Å²) in [6.07, 6.45) is 0. The molecule has 0 spiro atoms. The second-order valence-electron chi connectivity index (χ2n) is 3.69. The van der Waals surface area contributed by atoms with Gasteiger partial charge in [0.05, 0.1) is 17.3 Å². The monoisotopic (exact) mass is 269 g/mol. The van der Waals surface area contributed by atoms with E-state index in [1.54, 1.807) is 19.1 Å². The molecule has 0 N–H and O–H groups in total. The third kappa shape index (κ3) is 4.37. The average Bonchev–Trinajstić information content (AvgIpc) is 2.29. The Morgan fingerprint density at radius 1 is 1.50 bits per heavy atom. The van der Waals surface area contributed by atoms with E-state index in [4.69, 9.17) is 4.74 Å². The number of hydrogen-bond donors (Lipinski definition) is 0. The first kappa shape index (κ1) is 14.5. The molecule has 0 atom stereocenters. The van der Waals surface area contributed by atoms with E-state index in [1.165, 1.54) is 17.8 Å². The van der Waals surface area contributed by atoms with Gasteiger partial charge in [-0.3, -0.25) is 14.9 Å². The van der Waals surface area contributed by atoms with E-state index < -0.39 is 4.92 Å². The van der Waals surface area contributed by atoms with Crippen molar-refractivity contribution in [2.45, 2.75) is 19.6 Å². The van der Waals surface area contributed by atoms with Crippen LogP contribution < -0.4 is 0 Å². The molecule has 0 aliphatic rings. The van der Waals surface area contributed by atoms with Crippen molar-refractivity contribution in [2.75, 3.05) is 12.4 Å². The molecule has 0 unspecified atom stereocenters. The molecule has 0 saturated heterocycles. The van der Waals surface area contributed by atoms with E-state index in [1.807, 2.05) is 6.92 Å². The van der Waals surface area contributed by atoms with Gasteiger partial charge in [-0.1, -0.05) is 11.6 Å². The molecule has 1 aromatic carbocycles. The summed E-state index contributed by atoms with van der Waals surface area (Å²) in [6, 6.07) is 4.98. The third-order valence-electron chi connectivity index (χ3n) is 2.21. The molecule has 98 valence electrons. The molecule has 0 bridgehead atoms. The zero-order valence-corrected chi connectivity index (χ0v) is 11.2. The summed E-state index contributed by atoms with van der Waals surface area (Å²) >= 11 is 1.32. The maximum atomic E-state index is 11.1. The molecule has 18 heavy (non-hydrogen) atoms. The highest BCUT2D eigenvalue weighted by atomic mass is 32.2. The largest absolute Gasteiger partial charge is 0.465 e. The number of aryl methyl sites for hydroxylation is 1. The number of rotatable bonds is 6. The van der Waals surface area contributed by atoms with Crippen LogP contribution in [-0.2, 0) is 15.3 Å². The van der Waals surface area contributed by atoms with Crippen molar-refractivity contribution >= 4 is 23.4 Å². The number of thioether (sulfide) groups is 1. The van der Waals surface area contributed by atoms with Crippen LogP contribution in [0.15, 0.2) is 18.2 Å². The summed E-state index contributed by atoms with van der Waals surface area (Å²) in [5, 5.41) is 10.8. The molecule has 0 amide bonds. The number of nitro benzene ring substituents is 1. The van der Waals surface area contributed by atoms with E-state index in [-0.39, 0.29) is 17.4 Å². The van der Waals surface area contributed by atoms with Gasteiger partial charge in [-0.15, -0.1) is 11.8 Å². The number of nitro groups is 1. The zero-order chi connectivity index (χ0) is 13.5. The van der Waals surface area contributed by atoms with E-state index >= 15 is 0 Å². The first-order valence-electron chi connectivity index (χ1n) is 5.52. The Bertz CT molecular complexity index is 448. The minimum absolute atomic E-state index is 0.0944. The van der Waals surface area contributed by atoms with E-state index in [2.05, 4.69) is 0 Å². The highest BCUT2D eigenvalue weighted by Crippen LogP contribution is 2.24. The first-order valence-corrected chi connectivity index (χ1v) is 6.67. The van der Waals surface area contributed by atoms with Gasteiger partial charge in [0.1, 0.15) is 0 Å². The second-order valence-corrected chi connectivity index (χ2v) is 4.67. The number of nitrogens with zero attached hydrogens (tertiary/aromatic N) is 1. The molecule has 1 aromatic rings. The summed E-state index contributed by atoms with van der Waals surface area (Å²) in [5.74, 6) is 0.341. The summed E-state index contributed by atoms with van der Waals surface area (Å²) in [7, 11) is 0. The van der Waals surface area contributed by atoms with Crippen molar-refractivity contribution in [3.8, 4) is 0 Å². The molecular formula is C12H15NO4S. The number of carbonyl (C=O) groups excluding carboxylic acids is 1. The molecule has 0 fully saturated rings. The van der Waals surface area contributed by atoms with Crippen molar-refractivity contribution in [1.82, 2.24) is 0 Å². The topological polar surface area (TPSA) is 69.4 Å². The Labute approximate surface area is 110 Å². The van der Waals surface area contributed by atoms with Crippen molar-refractivity contribution in [1.29, 1.82) is 0 Å². The number of esters is 1. The van der Waals surface area contributed by atoms with Crippen LogP contribution in [0.2, 0.25) is 0 Å². The Hall–Kier alpha value is -1.56. The fraction of sp³-hybridized carbons (Fsp3) is 0.417. The van der Waals surface area contributed by atoms with Crippen LogP contribution >= 0.6 is 11.8 Å². The van der Waals surface area contributed by atoms with Crippen LogP contribution in [0.1, 0.15) is 18.1 Å². The molecule has 1 rings (SSSR count). The lowest BCUT2D eigenvalue weighted by molar-refractivity contribution is -0.385. The quantitative estimate of drug-likeness (QED) is 0.451. The van der Waals surface area contributed by atoms with Crippen LogP contribution in [0, 0.1) is 17.0 Å². The van der Waals surface area contributed by atoms with Gasteiger partial charge in [0, 0.05) is 17.4 Å². The average molecular weight is 269 g/mol. The number of hydrogen-bond acceptors (Lipinski definition) is 5. The van der Waals surface area contributed by atoms with Gasteiger partial charge in [-0.2, -0.15) is 0 Å². The molecule has 5 nitrogen and oxygen atoms in total. The maximum absolute atomic E-state index is 11.1. The third-order valence-corrected chi connectivity index (χ3v) is 3.17. The SMILES string of the molecule is CCOC(=O)CSCc1cc(C)ccc1[N+](=O)[O-]. The van der Waals surface area contributed by atoms with Gasteiger partial charge < -0.3 is 4.74 Å². The summed E-state index contributed by atoms with van der Waals surface area (Å²) in [4.78, 5) is 21.6. The number of benzene rings is 1. The summed E-state index contributed by atoms with van der Waals surface area (Å²) in [5.41, 5.74) is 1.69. The second kappa shape index (κ2) is 7.00. The standard InChI is InChI=1S/C12H15NO4S/c1-3-17-12(14)8-18-7-10-6-9(2)4-5-11(10)13(15)16/h4-6H,3,7-8H2,1-2H3. The highest BCUT2D eigenvalue weighted by molar-refractivity contribution is 7.99. The van der Waals surface area contributed by atoms with Crippen LogP contribution in [0.3, 0.4) is 0 Å². The Balaban J connectivity index is 2.63. The normalized spacial score (nSPS) is 10.1. The molecule has 0 aliphatic heterocycles. The van der Waals surface area contributed by atoms with Crippen LogP contribution in [0.5, 0.6) is 0 Å². The zero-order valence-electron chi connectivity index (χ0n) is 10.3. The van der Waals surface area contributed by atoms with Gasteiger partial charge in [-0.25, -0.2) is 0 Å². The summed E-state index contributed by atoms with van der Waals surface area (Å²) < 4.78 is 4.79. The van der Waals surface area contributed by atoms with Crippen molar-refractivity contribution in [3.05, 3.63) is 39.4 Å². The van der Waals surface area contributed by atoms with Crippen molar-refractivity contribution in [2.24, 2.45) is 0 Å². The predicted octanol–water partition coefficient (Wildman–Crippen LogP) is 2.70. The van der Waals surface area contributed by atoms with Crippen molar-refractivity contribution < 1.29 is 14.5 Å². The van der Waals surface area contributed by atoms with Crippen LogP contribution in [0.25, 0.3) is 0 Å². The molecule has 0 radical (unpaired) electrons. The lowest BCUT2D eigenvalue weighted by Crippen LogP contribution is -2.07. The highest BCUT2D eigenvalue weighted by Gasteiger charge is 2.13. The Morgan fingerprint density at radius 3 is 2.83 bits per heavy atom. The predicted molar refractivity (Wildman–Crippen MR) is 70.6 cm³/mol. The molecule has 0 aromatic heterocycles. The van der Waals surface area contributed by atoms with E-state index in [0.29, 0.717) is 17.9 Å². The fourth-order valence-electron chi connectivity index (χ4n) is 1.45. The fourth-order valence-corrected chi connectivity index (χ4v) is 2.26. The smallest absolute Gasteiger partial charge is 0.315 e. The Kier molecular flexibility index (Phi) is 5.64. The minimum atomic E-state index is -0.403. The van der Waals surface area contributed by atoms with Gasteiger partial charge >= 0.3 is 5.97 Å². The molecule has 0 aliphatic carbocycles. The Morgan fingerprint density at radius 2 is 2.22 bits per heavy atom. The van der Waals surface area contributed by atoms with Gasteiger partial charge in [0.25, 0.3) is 5.69 Å². The van der Waals surface area contributed by atoms with Crippen LogP contribution in [-0.4, -0.2) is 23.3 Å². The molecule has 0 heterocycles. The first-order chi connectivity index (χ1) is 8.54. The molecular weight excluding hydrogens is 254 g/mol. The number of carbonyl (C=O) groups is 1. The van der Waals surface area contributed by atoms with E-state index in [0.717, 1.165) is 5.56 Å². The van der Waals surface area contributed by atoms with Crippen LogP contribution in [0.4, 0.5) is 5.69 Å². The maximum Gasteiger partial charge on any atom is 0.315 e.